The summed E-state index contributed by atoms with van der Waals surface area (Å²) in [7, 11) is -21.3. The van der Waals surface area contributed by atoms with Crippen LogP contribution in [-0.4, -0.2) is 108 Å². The fourth-order valence-electron chi connectivity index (χ4n) is 4.05. The van der Waals surface area contributed by atoms with Gasteiger partial charge < -0.3 is 59.9 Å². The van der Waals surface area contributed by atoms with Gasteiger partial charge in [-0.05, 0) is 6.07 Å². The molecule has 49 heavy (non-hydrogen) atoms. The van der Waals surface area contributed by atoms with Crippen molar-refractivity contribution in [3.63, 3.8) is 0 Å². The van der Waals surface area contributed by atoms with Crippen LogP contribution in [0.5, 0.6) is 0 Å². The molecule has 278 valence electrons. The molecule has 31 heteroatoms. The number of nitrogens with two attached hydrogens (primary N) is 1. The molecule has 2 fully saturated rings. The fraction of sp³-hybridized carbons (Fsp3) is 0.556. The van der Waals surface area contributed by atoms with Gasteiger partial charge in [0.25, 0.3) is 5.56 Å². The molecule has 4 rings (SSSR count). The van der Waals surface area contributed by atoms with Gasteiger partial charge in [-0.15, -0.1) is 0 Å². The second kappa shape index (κ2) is 15.9. The number of nitrogens with one attached hydrogen (secondary N) is 1. The summed E-state index contributed by atoms with van der Waals surface area (Å²) in [5, 5.41) is 29.5. The highest BCUT2D eigenvalue weighted by Crippen LogP contribution is 2.66. The molecule has 27 nitrogen and oxygen atoms in total. The van der Waals surface area contributed by atoms with Gasteiger partial charge in [0, 0.05) is 24.9 Å². The van der Waals surface area contributed by atoms with Gasteiger partial charge in [0.2, 0.25) is 0 Å². The minimum absolute atomic E-state index is 0.0225. The Morgan fingerprint density at radius 2 is 1.43 bits per heavy atom. The molecular formula is C18H29N5O22P4. The molecular weight excluding hydrogens is 762 g/mol. The summed E-state index contributed by atoms with van der Waals surface area (Å²) in [6, 6.07) is 2.32. The maximum atomic E-state index is 11.7. The lowest BCUT2D eigenvalue weighted by molar-refractivity contribution is -0.0542. The minimum atomic E-state index is -5.67. The third kappa shape index (κ3) is 12.4. The lowest BCUT2D eigenvalue weighted by Crippen LogP contribution is -2.36. The molecule has 2 saturated heterocycles. The summed E-state index contributed by atoms with van der Waals surface area (Å²) >= 11 is 0. The highest BCUT2D eigenvalue weighted by molar-refractivity contribution is 7.66. The third-order valence-corrected chi connectivity index (χ3v) is 10.3. The molecule has 0 radical (unpaired) electrons. The number of rotatable bonds is 12. The SMILES string of the molecule is Nc1ccn([C@@H]2O[C@H](COP(=O)(O)O)[C@@H](O)[C@H]2O)c(=O)n1.O=c1ccn([C@H]2C[C@H](O)[C@@H](COP(=O)(O)OP(=O)(O)OP(=O)(O)O)O2)c(=O)[nH]1. The second-order valence-electron chi connectivity index (χ2n) is 9.71. The summed E-state index contributed by atoms with van der Waals surface area (Å²) in [4.78, 5) is 92.2. The van der Waals surface area contributed by atoms with E-state index >= 15 is 0 Å². The van der Waals surface area contributed by atoms with Gasteiger partial charge in [0.05, 0.1) is 19.3 Å². The van der Waals surface area contributed by atoms with Crippen LogP contribution in [0.3, 0.4) is 0 Å². The van der Waals surface area contributed by atoms with Crippen LogP contribution >= 0.6 is 31.3 Å². The number of H-pyrrole nitrogens is 1. The normalized spacial score (nSPS) is 28.3. The number of ether oxygens (including phenoxy) is 2. The number of anilines is 1. The number of aliphatic hydroxyl groups is 3. The molecule has 0 saturated carbocycles. The van der Waals surface area contributed by atoms with Gasteiger partial charge >= 0.3 is 42.7 Å². The quantitative estimate of drug-likeness (QED) is 0.0915. The van der Waals surface area contributed by atoms with E-state index in [4.69, 9.17) is 39.7 Å². The van der Waals surface area contributed by atoms with E-state index in [1.165, 1.54) is 12.3 Å². The van der Waals surface area contributed by atoms with Crippen LogP contribution in [0, 0.1) is 0 Å². The number of aromatic amines is 1. The van der Waals surface area contributed by atoms with Crippen LogP contribution in [-0.2, 0) is 45.4 Å². The number of hydrogen-bond donors (Lipinski definition) is 11. The molecule has 9 atom stereocenters. The van der Waals surface area contributed by atoms with Crippen molar-refractivity contribution in [2.45, 2.75) is 49.4 Å². The van der Waals surface area contributed by atoms with Crippen LogP contribution in [0.15, 0.2) is 38.9 Å². The Bertz CT molecular complexity index is 1840. The highest BCUT2D eigenvalue weighted by Gasteiger charge is 2.45. The maximum absolute atomic E-state index is 11.7. The topological polar surface area (TPSA) is 422 Å². The Labute approximate surface area is 270 Å². The fourth-order valence-corrected chi connectivity index (χ4v) is 7.42. The van der Waals surface area contributed by atoms with Crippen LogP contribution in [0.1, 0.15) is 18.9 Å². The van der Waals surface area contributed by atoms with Gasteiger partial charge in [-0.3, -0.25) is 28.0 Å². The first kappa shape index (κ1) is 41.1. The number of nitrogen functional groups attached to an aromatic ring is 1. The lowest BCUT2D eigenvalue weighted by Gasteiger charge is -2.19. The first-order chi connectivity index (χ1) is 22.4. The van der Waals surface area contributed by atoms with Crippen LogP contribution in [0.25, 0.3) is 0 Å². The van der Waals surface area contributed by atoms with Crippen LogP contribution in [0.2, 0.25) is 0 Å². The molecule has 0 amide bonds. The Morgan fingerprint density at radius 1 is 0.816 bits per heavy atom. The first-order valence-electron chi connectivity index (χ1n) is 12.9. The zero-order valence-electron chi connectivity index (χ0n) is 24.0. The molecule has 0 spiro atoms. The molecule has 0 aliphatic carbocycles. The van der Waals surface area contributed by atoms with E-state index < -0.39 is 104 Å². The summed E-state index contributed by atoms with van der Waals surface area (Å²) < 4.78 is 72.0. The molecule has 12 N–H and O–H groups in total. The van der Waals surface area contributed by atoms with Crippen molar-refractivity contribution in [2.24, 2.45) is 0 Å². The van der Waals surface area contributed by atoms with E-state index in [0.29, 0.717) is 0 Å². The van der Waals surface area contributed by atoms with Crippen molar-refractivity contribution in [3.8, 4) is 0 Å². The van der Waals surface area contributed by atoms with Crippen molar-refractivity contribution in [2.75, 3.05) is 18.9 Å². The van der Waals surface area contributed by atoms with Crippen molar-refractivity contribution >= 4 is 37.1 Å². The molecule has 0 aromatic carbocycles. The van der Waals surface area contributed by atoms with Crippen LogP contribution in [0.4, 0.5) is 5.82 Å². The monoisotopic (exact) mass is 791 g/mol. The van der Waals surface area contributed by atoms with Gasteiger partial charge in [0.1, 0.15) is 36.5 Å². The van der Waals surface area contributed by atoms with Crippen molar-refractivity contribution in [3.05, 3.63) is 55.8 Å². The molecule has 4 heterocycles. The average Bonchev–Trinajstić information content (AvgIpc) is 3.42. The predicted molar refractivity (Wildman–Crippen MR) is 153 cm³/mol. The minimum Gasteiger partial charge on any atom is -0.390 e. The summed E-state index contributed by atoms with van der Waals surface area (Å²) in [6.07, 6.45) is -7.01. The molecule has 0 bridgehead atoms. The van der Waals surface area contributed by atoms with Crippen LogP contribution < -0.4 is 22.7 Å². The van der Waals surface area contributed by atoms with Gasteiger partial charge in [-0.2, -0.15) is 13.6 Å². The maximum Gasteiger partial charge on any atom is 0.490 e. The average molecular weight is 791 g/mol. The number of aliphatic hydroxyl groups excluding tert-OH is 3. The first-order valence-corrected chi connectivity index (χ1v) is 18.9. The van der Waals surface area contributed by atoms with E-state index in [1.807, 2.05) is 4.98 Å². The number of phosphoric acid groups is 4. The summed E-state index contributed by atoms with van der Waals surface area (Å²) in [5.41, 5.74) is 3.03. The smallest absolute Gasteiger partial charge is 0.390 e. The molecule has 2 aliphatic rings. The predicted octanol–water partition coefficient (Wildman–Crippen LogP) is -3.92. The number of phosphoric ester groups is 2. The standard InChI is InChI=1S/C9H14N3O8P.C9H15N2O14P3/c10-5-1-2-12(9(15)11-5)8-7(14)6(13)4(20-8)3-19-21(16,17)18;12-5-3-8(11-2-1-7(13)10-9(11)14)23-6(5)4-22-27(18,19)25-28(20,21)24-26(15,16)17/h1-2,4,6-8,13-14H,3H2,(H2,10,11,15)(H2,16,17,18);1-2,5-6,8,12H,3-4H2,(H,18,19)(H,20,21)(H,10,13,14)(H2,15,16,17)/t4-,6-,7-,8-;5-,6+,8+/m10/s1. The summed E-state index contributed by atoms with van der Waals surface area (Å²) in [6.45, 7) is -1.53. The largest absolute Gasteiger partial charge is 0.490 e. The number of nitrogens with zero attached hydrogens (tertiary/aromatic N) is 3. The Balaban J connectivity index is 0.000000276. The van der Waals surface area contributed by atoms with Gasteiger partial charge in [-0.1, -0.05) is 0 Å². The van der Waals surface area contributed by atoms with Crippen molar-refractivity contribution < 1.29 is 90.1 Å². The zero-order chi connectivity index (χ0) is 37.1. The third-order valence-electron chi connectivity index (χ3n) is 6.05. The highest BCUT2D eigenvalue weighted by atomic mass is 31.3. The molecule has 2 aromatic heterocycles. The zero-order valence-corrected chi connectivity index (χ0v) is 27.6. The molecule has 2 aromatic rings. The molecule has 2 aliphatic heterocycles. The van der Waals surface area contributed by atoms with E-state index in [1.54, 1.807) is 0 Å². The summed E-state index contributed by atoms with van der Waals surface area (Å²) in [5.74, 6) is -0.0225. The van der Waals surface area contributed by atoms with E-state index in [2.05, 4.69) is 22.7 Å². The van der Waals surface area contributed by atoms with E-state index in [9.17, 15) is 52.9 Å². The second-order valence-corrected chi connectivity index (χ2v) is 15.4. The van der Waals surface area contributed by atoms with Gasteiger partial charge in [-0.25, -0.2) is 27.8 Å². The molecule has 2 unspecified atom stereocenters. The van der Waals surface area contributed by atoms with Crippen molar-refractivity contribution in [1.82, 2.24) is 19.1 Å². The van der Waals surface area contributed by atoms with Crippen molar-refractivity contribution in [1.29, 1.82) is 0 Å². The lowest BCUT2D eigenvalue weighted by atomic mass is 10.1. The Kier molecular flexibility index (Phi) is 13.4. The van der Waals surface area contributed by atoms with E-state index in [-0.39, 0.29) is 12.2 Å². The van der Waals surface area contributed by atoms with E-state index in [0.717, 1.165) is 21.4 Å². The van der Waals surface area contributed by atoms with Gasteiger partial charge in [0.15, 0.2) is 6.23 Å². The Morgan fingerprint density at radius 3 is 2.00 bits per heavy atom. The number of aromatic nitrogens is 4. The Hall–Kier alpha value is -2.32. The number of hydrogen-bond acceptors (Lipinski definition) is 18.